The second-order valence-corrected chi connectivity index (χ2v) is 7.76. The lowest BCUT2D eigenvalue weighted by Gasteiger charge is -2.22. The predicted molar refractivity (Wildman–Crippen MR) is 114 cm³/mol. The van der Waals surface area contributed by atoms with Crippen molar-refractivity contribution in [3.63, 3.8) is 0 Å². The van der Waals surface area contributed by atoms with E-state index in [0.717, 1.165) is 0 Å². The number of allylic oxidation sites excluding steroid dienone is 2. The summed E-state index contributed by atoms with van der Waals surface area (Å²) < 4.78 is 15.0. The lowest BCUT2D eigenvalue weighted by atomic mass is 10.2. The van der Waals surface area contributed by atoms with E-state index >= 15 is 0 Å². The number of phosphoric ester groups is 1. The summed E-state index contributed by atoms with van der Waals surface area (Å²) >= 11 is 5.21. The van der Waals surface area contributed by atoms with Gasteiger partial charge in [0.15, 0.2) is 5.11 Å². The van der Waals surface area contributed by atoms with Gasteiger partial charge in [-0.2, -0.15) is 0 Å². The van der Waals surface area contributed by atoms with Crippen LogP contribution in [0.15, 0.2) is 36.1 Å². The first-order chi connectivity index (χ1) is 14.4. The fourth-order valence-corrected chi connectivity index (χ4v) is 2.72. The number of carbonyl (C=O) groups is 3. The van der Waals surface area contributed by atoms with Crippen LogP contribution >= 0.6 is 20.0 Å². The van der Waals surface area contributed by atoms with Crippen molar-refractivity contribution in [3.8, 4) is 0 Å². The number of hydrogen-bond acceptors (Lipinski definition) is 7. The maximum atomic E-state index is 11.7. The fraction of sp³-hybridized carbons (Fsp3) is 0.412. The van der Waals surface area contributed by atoms with Crippen LogP contribution in [0.5, 0.6) is 0 Å². The van der Waals surface area contributed by atoms with Crippen LogP contribution in [0.1, 0.15) is 19.8 Å². The monoisotopic (exact) mass is 476 g/mol. The van der Waals surface area contributed by atoms with Crippen molar-refractivity contribution in [1.82, 2.24) is 20.6 Å². The highest BCUT2D eigenvalue weighted by atomic mass is 32.1. The molecule has 3 amide bonds. The summed E-state index contributed by atoms with van der Waals surface area (Å²) in [5.41, 5.74) is 1.17. The highest BCUT2D eigenvalue weighted by molar-refractivity contribution is 7.80. The Labute approximate surface area is 184 Å². The minimum atomic E-state index is -4.53. The van der Waals surface area contributed by atoms with Crippen LogP contribution in [0, 0.1) is 0 Å². The number of likely N-dealkylation sites (N-methyl/N-ethyl adjacent to an activating group) is 1. The van der Waals surface area contributed by atoms with Gasteiger partial charge < -0.3 is 30.2 Å². The molecule has 0 atom stereocenters. The molecule has 0 bridgehead atoms. The number of rotatable bonds is 10. The summed E-state index contributed by atoms with van der Waals surface area (Å²) in [6, 6.07) is 0. The molecule has 31 heavy (non-hydrogen) atoms. The molecule has 4 N–H and O–H groups in total. The minimum Gasteiger partial charge on any atom is -0.360 e. The van der Waals surface area contributed by atoms with Crippen molar-refractivity contribution in [2.75, 3.05) is 26.7 Å². The van der Waals surface area contributed by atoms with Gasteiger partial charge in [0.25, 0.3) is 11.8 Å². The van der Waals surface area contributed by atoms with Gasteiger partial charge in [0.05, 0.1) is 6.61 Å². The molecular weight excluding hydrogens is 451 g/mol. The molecule has 0 unspecified atom stereocenters. The van der Waals surface area contributed by atoms with Crippen LogP contribution in [-0.2, 0) is 23.5 Å². The van der Waals surface area contributed by atoms with E-state index < -0.39 is 25.7 Å². The minimum absolute atomic E-state index is 0.00856. The topological polar surface area (TPSA) is 158 Å². The highest BCUT2D eigenvalue weighted by Crippen LogP contribution is 2.35. The smallest absolute Gasteiger partial charge is 0.360 e. The standard InChI is InChI=1S/C17H25N4O8PS/c1-4-13(20(3)16(31)18-9-10-28-30(25,26)27)6-5-12(2)11-19-17(24)29-21-14(22)7-8-15(21)23/h4-6H,2,7-11H2,1,3H3,(H,18,31)(H,19,24)(H2,25,26,27)/b6-5-,13-4+. The van der Waals surface area contributed by atoms with E-state index in [1.54, 1.807) is 37.1 Å². The van der Waals surface area contributed by atoms with Crippen molar-refractivity contribution >= 4 is 43.1 Å². The second-order valence-electron chi connectivity index (χ2n) is 6.13. The number of imide groups is 1. The second kappa shape index (κ2) is 12.3. The molecule has 0 radical (unpaired) electrons. The van der Waals surface area contributed by atoms with E-state index in [0.29, 0.717) is 21.4 Å². The summed E-state index contributed by atoms with van der Waals surface area (Å²) in [5, 5.41) is 5.92. The zero-order valence-electron chi connectivity index (χ0n) is 17.1. The number of thiocarbonyl (C=S) groups is 1. The van der Waals surface area contributed by atoms with Crippen molar-refractivity contribution in [2.45, 2.75) is 19.8 Å². The summed E-state index contributed by atoms with van der Waals surface area (Å²) in [7, 11) is -2.85. The van der Waals surface area contributed by atoms with E-state index in [1.165, 1.54) is 0 Å². The Hall–Kier alpha value is -2.57. The highest BCUT2D eigenvalue weighted by Gasteiger charge is 2.32. The van der Waals surface area contributed by atoms with Crippen LogP contribution in [0.4, 0.5) is 4.79 Å². The molecule has 0 aromatic carbocycles. The van der Waals surface area contributed by atoms with E-state index in [-0.39, 0.29) is 32.5 Å². The third-order valence-electron chi connectivity index (χ3n) is 3.75. The van der Waals surface area contributed by atoms with Crippen molar-refractivity contribution in [3.05, 3.63) is 36.1 Å². The molecular formula is C17H25N4O8PS. The number of nitrogens with zero attached hydrogens (tertiary/aromatic N) is 2. The first-order valence-electron chi connectivity index (χ1n) is 9.00. The molecule has 172 valence electrons. The van der Waals surface area contributed by atoms with Gasteiger partial charge in [-0.25, -0.2) is 9.36 Å². The van der Waals surface area contributed by atoms with E-state index in [2.05, 4.69) is 26.6 Å². The molecule has 0 aliphatic carbocycles. The number of phosphoric acid groups is 1. The largest absolute Gasteiger partial charge is 0.469 e. The number of hydroxylamine groups is 2. The molecule has 1 aliphatic rings. The lowest BCUT2D eigenvalue weighted by molar-refractivity contribution is -0.171. The SMILES string of the molecule is C=C(/C=C\C(=C/C)N(C)C(=S)NCCOP(=O)(O)O)CNC(=O)ON1C(=O)CCC1=O. The summed E-state index contributed by atoms with van der Waals surface area (Å²) in [6.45, 7) is 5.44. The average Bonchev–Trinajstić information content (AvgIpc) is 3.01. The molecule has 1 aliphatic heterocycles. The summed E-state index contributed by atoms with van der Waals surface area (Å²) in [5.74, 6) is -1.14. The number of carbonyl (C=O) groups excluding carboxylic acids is 3. The molecule has 0 aromatic rings. The van der Waals surface area contributed by atoms with Crippen molar-refractivity contribution in [2.24, 2.45) is 0 Å². The van der Waals surface area contributed by atoms with Gasteiger partial charge in [-0.05, 0) is 30.8 Å². The molecule has 1 fully saturated rings. The zero-order chi connectivity index (χ0) is 23.6. The summed E-state index contributed by atoms with van der Waals surface area (Å²) in [4.78, 5) is 58.1. The van der Waals surface area contributed by atoms with E-state index in [1.807, 2.05) is 0 Å². The third kappa shape index (κ3) is 9.85. The number of amides is 3. The van der Waals surface area contributed by atoms with Gasteiger partial charge in [0.1, 0.15) is 0 Å². The van der Waals surface area contributed by atoms with Crippen molar-refractivity contribution in [1.29, 1.82) is 0 Å². The molecule has 12 nitrogen and oxygen atoms in total. The predicted octanol–water partition coefficient (Wildman–Crippen LogP) is 0.708. The van der Waals surface area contributed by atoms with Crippen molar-refractivity contribution < 1.29 is 38.1 Å². The van der Waals surface area contributed by atoms with Crippen LogP contribution in [0.25, 0.3) is 0 Å². The Morgan fingerprint density at radius 3 is 2.45 bits per heavy atom. The van der Waals surface area contributed by atoms with Crippen LogP contribution in [0.2, 0.25) is 0 Å². The fourth-order valence-electron chi connectivity index (χ4n) is 2.18. The normalized spacial score (nSPS) is 14.7. The maximum absolute atomic E-state index is 11.7. The third-order valence-corrected chi connectivity index (χ3v) is 4.69. The van der Waals surface area contributed by atoms with Gasteiger partial charge in [-0.1, -0.05) is 18.7 Å². The lowest BCUT2D eigenvalue weighted by Crippen LogP contribution is -2.37. The van der Waals surface area contributed by atoms with Gasteiger partial charge >= 0.3 is 13.9 Å². The Balaban J connectivity index is 2.44. The van der Waals surface area contributed by atoms with Gasteiger partial charge in [-0.15, -0.1) is 5.06 Å². The summed E-state index contributed by atoms with van der Waals surface area (Å²) in [6.07, 6.45) is 4.13. The Bertz CT molecular complexity index is 822. The average molecular weight is 476 g/mol. The van der Waals surface area contributed by atoms with Crippen LogP contribution < -0.4 is 10.6 Å². The van der Waals surface area contributed by atoms with Crippen LogP contribution in [0.3, 0.4) is 0 Å². The first-order valence-corrected chi connectivity index (χ1v) is 10.9. The Morgan fingerprint density at radius 1 is 1.29 bits per heavy atom. The zero-order valence-corrected chi connectivity index (χ0v) is 18.8. The molecule has 0 spiro atoms. The van der Waals surface area contributed by atoms with E-state index in [4.69, 9.17) is 22.0 Å². The molecule has 0 saturated carbocycles. The first kappa shape index (κ1) is 26.5. The number of hydrogen-bond donors (Lipinski definition) is 4. The molecule has 0 aromatic heterocycles. The maximum Gasteiger partial charge on any atom is 0.469 e. The Kier molecular flexibility index (Phi) is 10.5. The van der Waals surface area contributed by atoms with Gasteiger partial charge in [0, 0.05) is 38.7 Å². The van der Waals surface area contributed by atoms with Crippen LogP contribution in [-0.4, -0.2) is 69.5 Å². The molecule has 1 rings (SSSR count). The quantitative estimate of drug-likeness (QED) is 0.116. The molecule has 1 heterocycles. The molecule has 14 heteroatoms. The van der Waals surface area contributed by atoms with Gasteiger partial charge in [-0.3, -0.25) is 14.1 Å². The van der Waals surface area contributed by atoms with E-state index in [9.17, 15) is 18.9 Å². The number of nitrogens with one attached hydrogen (secondary N) is 2. The molecule has 1 saturated heterocycles. The Morgan fingerprint density at radius 2 is 1.90 bits per heavy atom. The van der Waals surface area contributed by atoms with Gasteiger partial charge in [0.2, 0.25) is 0 Å².